The van der Waals surface area contributed by atoms with E-state index in [0.29, 0.717) is 27.7 Å². The van der Waals surface area contributed by atoms with Gasteiger partial charge in [0.25, 0.3) is 0 Å². The Morgan fingerprint density at radius 3 is 2.43 bits per heavy atom. The number of nitrogens with zero attached hydrogens (tertiary/aromatic N) is 1. The Bertz CT molecular complexity index is 941. The van der Waals surface area contributed by atoms with Crippen LogP contribution in [0.15, 0.2) is 47.6 Å². The van der Waals surface area contributed by atoms with E-state index < -0.39 is 11.8 Å². The highest BCUT2D eigenvalue weighted by Gasteiger charge is 2.15. The first-order chi connectivity index (χ1) is 13.3. The molecule has 2 aromatic rings. The van der Waals surface area contributed by atoms with E-state index in [-0.39, 0.29) is 12.3 Å². The van der Waals surface area contributed by atoms with Gasteiger partial charge in [0, 0.05) is 22.1 Å². The van der Waals surface area contributed by atoms with Crippen LogP contribution in [0.5, 0.6) is 0 Å². The number of anilines is 2. The first-order valence-corrected chi connectivity index (χ1v) is 8.90. The molecule has 8 heteroatoms. The van der Waals surface area contributed by atoms with Crippen LogP contribution < -0.4 is 16.1 Å². The second kappa shape index (κ2) is 9.66. The van der Waals surface area contributed by atoms with Crippen LogP contribution in [0, 0.1) is 13.8 Å². The molecule has 2 aromatic carbocycles. The summed E-state index contributed by atoms with van der Waals surface area (Å²) in [6.07, 6.45) is -0.0246. The number of rotatable bonds is 5. The molecule has 0 fully saturated rings. The number of aryl methyl sites for hydroxylation is 1. The van der Waals surface area contributed by atoms with Gasteiger partial charge in [0.15, 0.2) is 0 Å². The number of carbonyl (C=O) groups is 3. The lowest BCUT2D eigenvalue weighted by Gasteiger charge is -2.09. The van der Waals surface area contributed by atoms with Gasteiger partial charge in [-0.25, -0.2) is 5.43 Å². The molecule has 0 radical (unpaired) electrons. The molecular formula is C20H21ClN4O3. The van der Waals surface area contributed by atoms with Crippen molar-refractivity contribution < 1.29 is 14.4 Å². The van der Waals surface area contributed by atoms with Crippen molar-refractivity contribution in [1.82, 2.24) is 5.43 Å². The summed E-state index contributed by atoms with van der Waals surface area (Å²) in [4.78, 5) is 35.9. The number of amides is 3. The molecule has 3 amide bonds. The molecule has 0 heterocycles. The van der Waals surface area contributed by atoms with E-state index in [0.717, 1.165) is 5.56 Å². The first-order valence-electron chi connectivity index (χ1n) is 8.52. The summed E-state index contributed by atoms with van der Waals surface area (Å²) in [5, 5.41) is 9.49. The summed E-state index contributed by atoms with van der Waals surface area (Å²) >= 11 is 5.98. The molecule has 0 saturated heterocycles. The SMILES string of the molecule is C/C(CC(=O)Nc1cccc(C)c1)=N/NC(=O)C(=O)Nc1cccc(Cl)c1C. The number of nitrogens with one attached hydrogen (secondary N) is 3. The smallest absolute Gasteiger partial charge is 0.326 e. The lowest BCUT2D eigenvalue weighted by molar-refractivity contribution is -0.136. The summed E-state index contributed by atoms with van der Waals surface area (Å²) in [5.41, 5.74) is 5.28. The van der Waals surface area contributed by atoms with Crippen molar-refractivity contribution in [3.8, 4) is 0 Å². The molecule has 7 nitrogen and oxygen atoms in total. The topological polar surface area (TPSA) is 99.7 Å². The molecule has 3 N–H and O–H groups in total. The van der Waals surface area contributed by atoms with Gasteiger partial charge >= 0.3 is 11.8 Å². The molecule has 0 atom stereocenters. The van der Waals surface area contributed by atoms with Crippen molar-refractivity contribution in [2.24, 2.45) is 5.10 Å². The number of carbonyl (C=O) groups excluding carboxylic acids is 3. The highest BCUT2D eigenvalue weighted by Crippen LogP contribution is 2.22. The van der Waals surface area contributed by atoms with Crippen LogP contribution in [-0.2, 0) is 14.4 Å². The lowest BCUT2D eigenvalue weighted by atomic mass is 10.2. The van der Waals surface area contributed by atoms with Crippen LogP contribution in [0.3, 0.4) is 0 Å². The number of hydrazone groups is 1. The van der Waals surface area contributed by atoms with E-state index in [1.807, 2.05) is 25.1 Å². The summed E-state index contributed by atoms with van der Waals surface area (Å²) in [6, 6.07) is 12.4. The molecule has 0 aromatic heterocycles. The van der Waals surface area contributed by atoms with Crippen molar-refractivity contribution in [3.63, 3.8) is 0 Å². The zero-order valence-corrected chi connectivity index (χ0v) is 16.6. The molecular weight excluding hydrogens is 380 g/mol. The Morgan fingerprint density at radius 2 is 1.71 bits per heavy atom. The van der Waals surface area contributed by atoms with Gasteiger partial charge in [-0.15, -0.1) is 0 Å². The fourth-order valence-electron chi connectivity index (χ4n) is 2.32. The van der Waals surface area contributed by atoms with E-state index in [2.05, 4.69) is 21.2 Å². The lowest BCUT2D eigenvalue weighted by Crippen LogP contribution is -2.33. The minimum absolute atomic E-state index is 0.0246. The van der Waals surface area contributed by atoms with Crippen LogP contribution in [0.1, 0.15) is 24.5 Å². The summed E-state index contributed by atoms with van der Waals surface area (Å²) in [5.74, 6) is -2.11. The van der Waals surface area contributed by atoms with Gasteiger partial charge in [-0.2, -0.15) is 5.10 Å². The van der Waals surface area contributed by atoms with E-state index >= 15 is 0 Å². The molecule has 0 bridgehead atoms. The van der Waals surface area contributed by atoms with Crippen molar-refractivity contribution in [3.05, 3.63) is 58.6 Å². The molecule has 146 valence electrons. The minimum Gasteiger partial charge on any atom is -0.326 e. The maximum Gasteiger partial charge on any atom is 0.329 e. The average Bonchev–Trinajstić information content (AvgIpc) is 2.63. The number of hydrogen-bond acceptors (Lipinski definition) is 4. The molecule has 0 aliphatic carbocycles. The number of hydrogen-bond donors (Lipinski definition) is 3. The number of benzene rings is 2. The fourth-order valence-corrected chi connectivity index (χ4v) is 2.49. The normalized spacial score (nSPS) is 10.9. The second-order valence-corrected chi connectivity index (χ2v) is 6.66. The third kappa shape index (κ3) is 6.21. The van der Waals surface area contributed by atoms with Gasteiger partial charge in [0.2, 0.25) is 5.91 Å². The first kappa shape index (κ1) is 21.1. The molecule has 28 heavy (non-hydrogen) atoms. The Balaban J connectivity index is 1.87. The molecule has 0 spiro atoms. The third-order valence-electron chi connectivity index (χ3n) is 3.79. The second-order valence-electron chi connectivity index (χ2n) is 6.25. The predicted molar refractivity (Wildman–Crippen MR) is 110 cm³/mol. The maximum absolute atomic E-state index is 12.0. The molecule has 0 aliphatic rings. The molecule has 2 rings (SSSR count). The Kier molecular flexibility index (Phi) is 7.28. The summed E-state index contributed by atoms with van der Waals surface area (Å²) in [7, 11) is 0. The zero-order valence-electron chi connectivity index (χ0n) is 15.8. The minimum atomic E-state index is -0.946. The van der Waals surface area contributed by atoms with Gasteiger partial charge in [0.05, 0.1) is 6.42 Å². The van der Waals surface area contributed by atoms with E-state index in [1.165, 1.54) is 0 Å². The van der Waals surface area contributed by atoms with Gasteiger partial charge < -0.3 is 10.6 Å². The Hall–Kier alpha value is -3.19. The standard InChI is InChI=1S/C20H21ClN4O3/c1-12-6-4-7-15(10-12)22-18(26)11-13(2)24-25-20(28)19(27)23-17-9-5-8-16(21)14(17)3/h4-10H,11H2,1-3H3,(H,22,26)(H,23,27)(H,25,28)/b24-13-. The van der Waals surface area contributed by atoms with Crippen molar-refractivity contribution in [2.45, 2.75) is 27.2 Å². The largest absolute Gasteiger partial charge is 0.329 e. The van der Waals surface area contributed by atoms with E-state index in [4.69, 9.17) is 11.6 Å². The van der Waals surface area contributed by atoms with Crippen LogP contribution in [-0.4, -0.2) is 23.4 Å². The molecule has 0 unspecified atom stereocenters. The van der Waals surface area contributed by atoms with Crippen LogP contribution in [0.25, 0.3) is 0 Å². The van der Waals surface area contributed by atoms with Gasteiger partial charge in [-0.05, 0) is 56.2 Å². The van der Waals surface area contributed by atoms with Crippen LogP contribution in [0.4, 0.5) is 11.4 Å². The highest BCUT2D eigenvalue weighted by atomic mass is 35.5. The monoisotopic (exact) mass is 400 g/mol. The van der Waals surface area contributed by atoms with Crippen molar-refractivity contribution >= 4 is 46.4 Å². The van der Waals surface area contributed by atoms with Crippen LogP contribution >= 0.6 is 11.6 Å². The van der Waals surface area contributed by atoms with Crippen molar-refractivity contribution in [1.29, 1.82) is 0 Å². The zero-order chi connectivity index (χ0) is 20.7. The number of halogens is 1. The summed E-state index contributed by atoms with van der Waals surface area (Å²) in [6.45, 7) is 5.23. The quantitative estimate of drug-likeness (QED) is 0.407. The third-order valence-corrected chi connectivity index (χ3v) is 4.20. The predicted octanol–water partition coefficient (Wildman–Crippen LogP) is 3.42. The van der Waals surface area contributed by atoms with Gasteiger partial charge in [0.1, 0.15) is 0 Å². The van der Waals surface area contributed by atoms with Gasteiger partial charge in [-0.1, -0.05) is 29.8 Å². The van der Waals surface area contributed by atoms with Crippen LogP contribution in [0.2, 0.25) is 5.02 Å². The van der Waals surface area contributed by atoms with Crippen molar-refractivity contribution in [2.75, 3.05) is 10.6 Å². The Morgan fingerprint density at radius 1 is 1.00 bits per heavy atom. The van der Waals surface area contributed by atoms with E-state index in [1.54, 1.807) is 38.1 Å². The fraction of sp³-hybridized carbons (Fsp3) is 0.200. The molecule has 0 saturated carbocycles. The average molecular weight is 401 g/mol. The maximum atomic E-state index is 12.0. The Labute approximate surface area is 168 Å². The van der Waals surface area contributed by atoms with Gasteiger partial charge in [-0.3, -0.25) is 14.4 Å². The van der Waals surface area contributed by atoms with E-state index in [9.17, 15) is 14.4 Å². The highest BCUT2D eigenvalue weighted by molar-refractivity contribution is 6.40. The summed E-state index contributed by atoms with van der Waals surface area (Å²) < 4.78 is 0. The molecule has 0 aliphatic heterocycles.